The van der Waals surface area contributed by atoms with Crippen LogP contribution in [0.3, 0.4) is 0 Å². The maximum absolute atomic E-state index is 13.6. The predicted octanol–water partition coefficient (Wildman–Crippen LogP) is 1.46. The quantitative estimate of drug-likeness (QED) is 0.392. The van der Waals surface area contributed by atoms with Gasteiger partial charge in [0.05, 0.1) is 13.2 Å². The maximum atomic E-state index is 13.6. The van der Waals surface area contributed by atoms with E-state index in [2.05, 4.69) is 10.6 Å². The summed E-state index contributed by atoms with van der Waals surface area (Å²) in [7, 11) is 1.52. The second kappa shape index (κ2) is 11.6. The third-order valence-electron chi connectivity index (χ3n) is 6.02. The number of carboxylic acid groups (broad SMARTS) is 1. The number of methoxy groups -OCH3 is 1. The van der Waals surface area contributed by atoms with Crippen LogP contribution in [0.1, 0.15) is 53.0 Å². The van der Waals surface area contributed by atoms with Gasteiger partial charge in [-0.1, -0.05) is 12.1 Å². The first kappa shape index (κ1) is 28.9. The van der Waals surface area contributed by atoms with Gasteiger partial charge in [-0.2, -0.15) is 0 Å². The summed E-state index contributed by atoms with van der Waals surface area (Å²) in [6.45, 7) is 8.00. The molecule has 4 atom stereocenters. The minimum absolute atomic E-state index is 0.0553. The molecule has 36 heavy (non-hydrogen) atoms. The number of aliphatic hydroxyl groups excluding tert-OH is 1. The van der Waals surface area contributed by atoms with Crippen molar-refractivity contribution in [1.29, 1.82) is 0 Å². The van der Waals surface area contributed by atoms with Crippen LogP contribution in [0.2, 0.25) is 0 Å². The normalized spacial score (nSPS) is 20.1. The Kier molecular flexibility index (Phi) is 9.31. The van der Waals surface area contributed by atoms with E-state index in [9.17, 15) is 29.4 Å². The molecule has 0 saturated carbocycles. The van der Waals surface area contributed by atoms with Gasteiger partial charge >= 0.3 is 12.1 Å². The van der Waals surface area contributed by atoms with Crippen LogP contribution in [0.4, 0.5) is 4.79 Å². The first-order valence-electron chi connectivity index (χ1n) is 11.8. The molecule has 0 spiro atoms. The van der Waals surface area contributed by atoms with Gasteiger partial charge < -0.3 is 35.2 Å². The molecule has 200 valence electrons. The van der Waals surface area contributed by atoms with Crippen molar-refractivity contribution in [2.45, 2.75) is 83.2 Å². The fraction of sp³-hybridized carbons (Fsp3) is 0.600. The minimum atomic E-state index is -1.41. The van der Waals surface area contributed by atoms with Crippen molar-refractivity contribution in [1.82, 2.24) is 15.5 Å². The number of aliphatic hydroxyl groups is 1. The van der Waals surface area contributed by atoms with Crippen LogP contribution in [0, 0.1) is 0 Å². The Morgan fingerprint density at radius 2 is 1.75 bits per heavy atom. The molecule has 1 heterocycles. The van der Waals surface area contributed by atoms with Gasteiger partial charge in [-0.05, 0) is 65.2 Å². The standard InChI is InChI=1S/C25H37N3O8/c1-15(29)19(27-23(34)36-24(2,3)4)20(30)26-18(14-16-8-10-17(35-6)11-9-16)21(31)28-13-7-12-25(28,5)22(32)33/h8-11,15,18-19,29H,7,12-14H2,1-6H3,(H,26,30)(H,27,34)(H,32,33)/t15?,18?,19?,25-/m0/s1. The van der Waals surface area contributed by atoms with Crippen LogP contribution in [0.5, 0.6) is 5.75 Å². The summed E-state index contributed by atoms with van der Waals surface area (Å²) in [5, 5.41) is 24.9. The Bertz CT molecular complexity index is 957. The van der Waals surface area contributed by atoms with Crippen molar-refractivity contribution in [3.05, 3.63) is 29.8 Å². The zero-order valence-electron chi connectivity index (χ0n) is 21.7. The average Bonchev–Trinajstić information content (AvgIpc) is 3.18. The molecular formula is C25H37N3O8. The summed E-state index contributed by atoms with van der Waals surface area (Å²) in [5.41, 5.74) is -1.54. The van der Waals surface area contributed by atoms with E-state index in [-0.39, 0.29) is 19.4 Å². The molecule has 1 aliphatic rings. The van der Waals surface area contributed by atoms with Gasteiger partial charge in [-0.3, -0.25) is 9.59 Å². The molecule has 0 radical (unpaired) electrons. The number of alkyl carbamates (subject to hydrolysis) is 1. The summed E-state index contributed by atoms with van der Waals surface area (Å²) < 4.78 is 10.3. The minimum Gasteiger partial charge on any atom is -0.497 e. The van der Waals surface area contributed by atoms with E-state index >= 15 is 0 Å². The monoisotopic (exact) mass is 507 g/mol. The smallest absolute Gasteiger partial charge is 0.408 e. The van der Waals surface area contributed by atoms with Crippen molar-refractivity contribution in [3.63, 3.8) is 0 Å². The lowest BCUT2D eigenvalue weighted by atomic mass is 9.97. The molecule has 4 N–H and O–H groups in total. The number of rotatable bonds is 9. The number of aliphatic carboxylic acids is 1. The lowest BCUT2D eigenvalue weighted by Crippen LogP contribution is -2.61. The Labute approximate surface area is 211 Å². The van der Waals surface area contributed by atoms with E-state index in [1.54, 1.807) is 45.0 Å². The van der Waals surface area contributed by atoms with Gasteiger partial charge in [0, 0.05) is 13.0 Å². The molecule has 0 aliphatic carbocycles. The molecule has 2 rings (SSSR count). The predicted molar refractivity (Wildman–Crippen MR) is 130 cm³/mol. The third-order valence-corrected chi connectivity index (χ3v) is 6.02. The first-order chi connectivity index (χ1) is 16.7. The van der Waals surface area contributed by atoms with Crippen molar-refractivity contribution >= 4 is 23.9 Å². The number of carbonyl (C=O) groups is 4. The highest BCUT2D eigenvalue weighted by Gasteiger charge is 2.48. The Balaban J connectivity index is 2.31. The van der Waals surface area contributed by atoms with Crippen molar-refractivity contribution in [3.8, 4) is 5.75 Å². The van der Waals surface area contributed by atoms with Gasteiger partial charge in [0.1, 0.15) is 29.0 Å². The van der Waals surface area contributed by atoms with Crippen LogP contribution >= 0.6 is 0 Å². The number of hydrogen-bond donors (Lipinski definition) is 4. The zero-order chi connectivity index (χ0) is 27.3. The van der Waals surface area contributed by atoms with Gasteiger partial charge in [0.2, 0.25) is 11.8 Å². The molecule has 1 aliphatic heterocycles. The molecule has 1 aromatic carbocycles. The number of ether oxygens (including phenoxy) is 2. The van der Waals surface area contributed by atoms with E-state index in [0.29, 0.717) is 17.7 Å². The van der Waals surface area contributed by atoms with Gasteiger partial charge in [-0.25, -0.2) is 9.59 Å². The molecule has 3 unspecified atom stereocenters. The van der Waals surface area contributed by atoms with Crippen molar-refractivity contribution < 1.29 is 38.9 Å². The molecule has 11 heteroatoms. The topological polar surface area (TPSA) is 154 Å². The van der Waals surface area contributed by atoms with Crippen LogP contribution in [-0.2, 0) is 25.5 Å². The molecule has 1 saturated heterocycles. The number of carbonyl (C=O) groups excluding carboxylic acids is 3. The fourth-order valence-corrected chi connectivity index (χ4v) is 4.03. The highest BCUT2D eigenvalue weighted by atomic mass is 16.6. The summed E-state index contributed by atoms with van der Waals surface area (Å²) >= 11 is 0. The van der Waals surface area contributed by atoms with E-state index < -0.39 is 53.2 Å². The molecule has 3 amide bonds. The highest BCUT2D eigenvalue weighted by molar-refractivity contribution is 5.94. The van der Waals surface area contributed by atoms with Gasteiger partial charge in [0.25, 0.3) is 0 Å². The van der Waals surface area contributed by atoms with Gasteiger partial charge in [-0.15, -0.1) is 0 Å². The van der Waals surface area contributed by atoms with Crippen molar-refractivity contribution in [2.75, 3.05) is 13.7 Å². The summed E-state index contributed by atoms with van der Waals surface area (Å²) in [6.07, 6.45) is -1.35. The Morgan fingerprint density at radius 1 is 1.14 bits per heavy atom. The zero-order valence-corrected chi connectivity index (χ0v) is 21.7. The summed E-state index contributed by atoms with van der Waals surface area (Å²) in [5.74, 6) is -1.89. The highest BCUT2D eigenvalue weighted by Crippen LogP contribution is 2.30. The van der Waals surface area contributed by atoms with E-state index in [0.717, 1.165) is 0 Å². The first-order valence-corrected chi connectivity index (χ1v) is 11.8. The van der Waals surface area contributed by atoms with Gasteiger partial charge in [0.15, 0.2) is 0 Å². The third kappa shape index (κ3) is 7.33. The number of amides is 3. The largest absolute Gasteiger partial charge is 0.497 e. The molecular weight excluding hydrogens is 470 g/mol. The molecule has 1 aromatic rings. The van der Waals surface area contributed by atoms with Crippen LogP contribution in [0.25, 0.3) is 0 Å². The number of hydrogen-bond acceptors (Lipinski definition) is 7. The fourth-order valence-electron chi connectivity index (χ4n) is 4.03. The van der Waals surface area contributed by atoms with Crippen LogP contribution < -0.4 is 15.4 Å². The van der Waals surface area contributed by atoms with E-state index in [1.807, 2.05) is 0 Å². The number of benzene rings is 1. The maximum Gasteiger partial charge on any atom is 0.408 e. The van der Waals surface area contributed by atoms with Crippen LogP contribution in [0.15, 0.2) is 24.3 Å². The molecule has 1 fully saturated rings. The SMILES string of the molecule is COc1ccc(CC(NC(=O)C(NC(=O)OC(C)(C)C)C(C)O)C(=O)N2CCC[C@@]2(C)C(=O)O)cc1. The number of nitrogens with zero attached hydrogens (tertiary/aromatic N) is 1. The summed E-state index contributed by atoms with van der Waals surface area (Å²) in [4.78, 5) is 52.2. The molecule has 0 bridgehead atoms. The van der Waals surface area contributed by atoms with E-state index in [1.165, 1.54) is 25.9 Å². The van der Waals surface area contributed by atoms with Crippen molar-refractivity contribution in [2.24, 2.45) is 0 Å². The molecule has 11 nitrogen and oxygen atoms in total. The number of carboxylic acids is 1. The average molecular weight is 508 g/mol. The lowest BCUT2D eigenvalue weighted by molar-refractivity contribution is -0.156. The Morgan fingerprint density at radius 3 is 2.25 bits per heavy atom. The van der Waals surface area contributed by atoms with Crippen LogP contribution in [-0.4, -0.2) is 82.0 Å². The number of likely N-dealkylation sites (tertiary alicyclic amines) is 1. The Hall–Kier alpha value is -3.34. The number of nitrogens with one attached hydrogen (secondary N) is 2. The summed E-state index contributed by atoms with van der Waals surface area (Å²) in [6, 6.07) is 4.32. The lowest BCUT2D eigenvalue weighted by Gasteiger charge is -2.35. The second-order valence-corrected chi connectivity index (χ2v) is 10.2. The molecule has 0 aromatic heterocycles. The van der Waals surface area contributed by atoms with E-state index in [4.69, 9.17) is 9.47 Å². The second-order valence-electron chi connectivity index (χ2n) is 10.2.